The lowest BCUT2D eigenvalue weighted by atomic mass is 9.95. The van der Waals surface area contributed by atoms with Crippen LogP contribution in [0.4, 0.5) is 0 Å². The third kappa shape index (κ3) is 2.85. The Bertz CT molecular complexity index is 249. The van der Waals surface area contributed by atoms with Gasteiger partial charge in [0.25, 0.3) is 0 Å². The minimum absolute atomic E-state index is 0.850. The van der Waals surface area contributed by atoms with Crippen molar-refractivity contribution >= 4 is 0 Å². The van der Waals surface area contributed by atoms with Crippen molar-refractivity contribution in [2.45, 2.75) is 64.0 Å². The fraction of sp³-hybridized carbons (Fsp3) is 1.00. The molecule has 1 saturated carbocycles. The van der Waals surface area contributed by atoms with E-state index in [4.69, 9.17) is 0 Å². The van der Waals surface area contributed by atoms with Gasteiger partial charge in [0, 0.05) is 25.2 Å². The van der Waals surface area contributed by atoms with Gasteiger partial charge in [0.2, 0.25) is 0 Å². The van der Waals surface area contributed by atoms with Crippen molar-refractivity contribution in [3.63, 3.8) is 0 Å². The van der Waals surface area contributed by atoms with E-state index in [0.29, 0.717) is 0 Å². The highest BCUT2D eigenvalue weighted by Crippen LogP contribution is 2.33. The van der Waals surface area contributed by atoms with Crippen molar-refractivity contribution < 1.29 is 0 Å². The molecule has 98 valence electrons. The third-order valence-corrected chi connectivity index (χ3v) is 5.15. The van der Waals surface area contributed by atoms with Gasteiger partial charge in [-0.3, -0.25) is 9.80 Å². The quantitative estimate of drug-likeness (QED) is 0.740. The smallest absolute Gasteiger partial charge is 0.0223 e. The molecule has 2 atom stereocenters. The summed E-state index contributed by atoms with van der Waals surface area (Å²) in [5, 5.41) is 0. The predicted molar refractivity (Wildman–Crippen MR) is 72.2 cm³/mol. The molecule has 3 rings (SSSR count). The van der Waals surface area contributed by atoms with Crippen molar-refractivity contribution in [2.24, 2.45) is 5.92 Å². The number of piperidine rings is 1. The van der Waals surface area contributed by atoms with E-state index in [2.05, 4.69) is 16.7 Å². The van der Waals surface area contributed by atoms with Gasteiger partial charge in [-0.1, -0.05) is 26.2 Å². The van der Waals surface area contributed by atoms with E-state index in [1.54, 1.807) is 0 Å². The molecule has 1 aliphatic carbocycles. The average Bonchev–Trinajstić information content (AvgIpc) is 3.19. The fourth-order valence-corrected chi connectivity index (χ4v) is 3.73. The second kappa shape index (κ2) is 5.27. The molecule has 2 aliphatic heterocycles. The van der Waals surface area contributed by atoms with Crippen LogP contribution < -0.4 is 0 Å². The molecule has 2 heteroatoms. The maximum absolute atomic E-state index is 2.82. The van der Waals surface area contributed by atoms with E-state index in [9.17, 15) is 0 Å². The molecule has 0 aromatic heterocycles. The Labute approximate surface area is 106 Å². The Hall–Kier alpha value is -0.0800. The number of rotatable bonds is 4. The molecular formula is C15H28N2. The summed E-state index contributed by atoms with van der Waals surface area (Å²) in [6.45, 7) is 7.85. The maximum atomic E-state index is 2.82. The molecule has 3 aliphatic rings. The highest BCUT2D eigenvalue weighted by atomic mass is 15.3. The standard InChI is InChI=1S/C15H28N2/c1-2-14-11-16-9-4-3-5-15(16)12-17(14)10-8-13-6-7-13/h13-15H,2-12H2,1H3. The zero-order valence-corrected chi connectivity index (χ0v) is 11.4. The Balaban J connectivity index is 1.56. The molecule has 0 aromatic rings. The number of hydrogen-bond donors (Lipinski definition) is 0. The minimum atomic E-state index is 0.850. The van der Waals surface area contributed by atoms with Crippen molar-refractivity contribution in [1.82, 2.24) is 9.80 Å². The molecule has 0 spiro atoms. The Morgan fingerprint density at radius 2 is 1.94 bits per heavy atom. The first kappa shape index (κ1) is 12.0. The molecule has 0 aromatic carbocycles. The van der Waals surface area contributed by atoms with Crippen LogP contribution in [0.1, 0.15) is 51.9 Å². The van der Waals surface area contributed by atoms with E-state index >= 15 is 0 Å². The molecule has 17 heavy (non-hydrogen) atoms. The van der Waals surface area contributed by atoms with Crippen LogP contribution in [0.3, 0.4) is 0 Å². The molecule has 0 N–H and O–H groups in total. The summed E-state index contributed by atoms with van der Waals surface area (Å²) < 4.78 is 0. The SMILES string of the molecule is CCC1CN2CCCCC2CN1CCC1CC1. The first-order valence-corrected chi connectivity index (χ1v) is 7.85. The van der Waals surface area contributed by atoms with Gasteiger partial charge in [0.15, 0.2) is 0 Å². The van der Waals surface area contributed by atoms with Gasteiger partial charge in [-0.05, 0) is 44.7 Å². The highest BCUT2D eigenvalue weighted by molar-refractivity contribution is 4.90. The van der Waals surface area contributed by atoms with Gasteiger partial charge >= 0.3 is 0 Å². The van der Waals surface area contributed by atoms with Crippen LogP contribution >= 0.6 is 0 Å². The van der Waals surface area contributed by atoms with Crippen LogP contribution in [-0.2, 0) is 0 Å². The van der Waals surface area contributed by atoms with Crippen LogP contribution in [0.5, 0.6) is 0 Å². The van der Waals surface area contributed by atoms with E-state index in [-0.39, 0.29) is 0 Å². The van der Waals surface area contributed by atoms with E-state index in [0.717, 1.165) is 18.0 Å². The zero-order chi connectivity index (χ0) is 11.7. The lowest BCUT2D eigenvalue weighted by molar-refractivity contribution is 0.00650. The first-order chi connectivity index (χ1) is 8.36. The van der Waals surface area contributed by atoms with E-state index in [1.807, 2.05) is 0 Å². The molecule has 0 bridgehead atoms. The molecule has 0 radical (unpaired) electrons. The van der Waals surface area contributed by atoms with Crippen LogP contribution in [-0.4, -0.2) is 48.1 Å². The Morgan fingerprint density at radius 1 is 1.06 bits per heavy atom. The van der Waals surface area contributed by atoms with Crippen LogP contribution in [0.2, 0.25) is 0 Å². The lowest BCUT2D eigenvalue weighted by Gasteiger charge is -2.48. The Morgan fingerprint density at radius 3 is 2.71 bits per heavy atom. The summed E-state index contributed by atoms with van der Waals surface area (Å²) in [5.74, 6) is 1.09. The molecule has 2 nitrogen and oxygen atoms in total. The fourth-order valence-electron chi connectivity index (χ4n) is 3.73. The highest BCUT2D eigenvalue weighted by Gasteiger charge is 2.34. The molecule has 0 amide bonds. The second-order valence-electron chi connectivity index (χ2n) is 6.43. The summed E-state index contributed by atoms with van der Waals surface area (Å²) in [4.78, 5) is 5.61. The van der Waals surface area contributed by atoms with Crippen LogP contribution in [0, 0.1) is 5.92 Å². The topological polar surface area (TPSA) is 6.48 Å². The summed E-state index contributed by atoms with van der Waals surface area (Å²) in [6.07, 6.45) is 10.2. The van der Waals surface area contributed by atoms with Gasteiger partial charge < -0.3 is 0 Å². The van der Waals surface area contributed by atoms with Gasteiger partial charge in [-0.15, -0.1) is 0 Å². The summed E-state index contributed by atoms with van der Waals surface area (Å²) in [7, 11) is 0. The minimum Gasteiger partial charge on any atom is -0.298 e. The third-order valence-electron chi connectivity index (χ3n) is 5.15. The predicted octanol–water partition coefficient (Wildman–Crippen LogP) is 2.74. The van der Waals surface area contributed by atoms with Crippen LogP contribution in [0.15, 0.2) is 0 Å². The number of hydrogen-bond acceptors (Lipinski definition) is 2. The summed E-state index contributed by atoms with van der Waals surface area (Å²) in [5.41, 5.74) is 0. The average molecular weight is 236 g/mol. The molecule has 2 unspecified atom stereocenters. The van der Waals surface area contributed by atoms with Gasteiger partial charge in [-0.25, -0.2) is 0 Å². The second-order valence-corrected chi connectivity index (χ2v) is 6.43. The van der Waals surface area contributed by atoms with Crippen molar-refractivity contribution in [2.75, 3.05) is 26.2 Å². The molecule has 2 heterocycles. The van der Waals surface area contributed by atoms with Gasteiger partial charge in [-0.2, -0.15) is 0 Å². The van der Waals surface area contributed by atoms with Gasteiger partial charge in [0.1, 0.15) is 0 Å². The molecule has 2 saturated heterocycles. The normalized spacial score (nSPS) is 35.8. The Kier molecular flexibility index (Phi) is 3.72. The monoisotopic (exact) mass is 236 g/mol. The van der Waals surface area contributed by atoms with Crippen LogP contribution in [0.25, 0.3) is 0 Å². The van der Waals surface area contributed by atoms with Crippen molar-refractivity contribution in [3.8, 4) is 0 Å². The van der Waals surface area contributed by atoms with E-state index < -0.39 is 0 Å². The lowest BCUT2D eigenvalue weighted by Crippen LogP contribution is -2.59. The summed E-state index contributed by atoms with van der Waals surface area (Å²) >= 11 is 0. The molecule has 3 fully saturated rings. The molecular weight excluding hydrogens is 208 g/mol. The van der Waals surface area contributed by atoms with E-state index in [1.165, 1.54) is 71.1 Å². The zero-order valence-electron chi connectivity index (χ0n) is 11.4. The largest absolute Gasteiger partial charge is 0.298 e. The van der Waals surface area contributed by atoms with Gasteiger partial charge in [0.05, 0.1) is 0 Å². The number of nitrogens with zero attached hydrogens (tertiary/aromatic N) is 2. The first-order valence-electron chi connectivity index (χ1n) is 7.85. The maximum Gasteiger partial charge on any atom is 0.0223 e. The number of piperazine rings is 1. The van der Waals surface area contributed by atoms with Crippen molar-refractivity contribution in [3.05, 3.63) is 0 Å². The van der Waals surface area contributed by atoms with Crippen molar-refractivity contribution in [1.29, 1.82) is 0 Å². The summed E-state index contributed by atoms with van der Waals surface area (Å²) in [6, 6.07) is 1.74. The number of fused-ring (bicyclic) bond motifs is 1.